The first-order valence-electron chi connectivity index (χ1n) is 3.68. The highest BCUT2D eigenvalue weighted by molar-refractivity contribution is 5.84. The summed E-state index contributed by atoms with van der Waals surface area (Å²) in [4.78, 5) is 11.0. The Hall–Kier alpha value is -0.370. The van der Waals surface area contributed by atoms with Gasteiger partial charge in [0.15, 0.2) is 0 Å². The van der Waals surface area contributed by atoms with Gasteiger partial charge in [-0.15, -0.1) is 0 Å². The van der Waals surface area contributed by atoms with E-state index >= 15 is 0 Å². The van der Waals surface area contributed by atoms with Crippen LogP contribution in [0.15, 0.2) is 0 Å². The summed E-state index contributed by atoms with van der Waals surface area (Å²) in [5.41, 5.74) is 5.57. The summed E-state index contributed by atoms with van der Waals surface area (Å²) in [7, 11) is 0. The predicted octanol–water partition coefficient (Wildman–Crippen LogP) is 1.34. The van der Waals surface area contributed by atoms with Crippen LogP contribution >= 0.6 is 0 Å². The van der Waals surface area contributed by atoms with Gasteiger partial charge in [0.25, 0.3) is 0 Å². The van der Waals surface area contributed by atoms with Crippen LogP contribution in [-0.2, 0) is 4.79 Å². The first-order chi connectivity index (χ1) is 4.39. The van der Waals surface area contributed by atoms with E-state index in [0.29, 0.717) is 6.42 Å². The molecular weight excluding hydrogens is 126 g/mol. The van der Waals surface area contributed by atoms with E-state index in [9.17, 15) is 4.79 Å². The Balaban J connectivity index is 4.08. The molecule has 0 aromatic carbocycles. The summed E-state index contributed by atoms with van der Waals surface area (Å²) in [6.45, 7) is 7.77. The molecule has 0 aliphatic carbocycles. The van der Waals surface area contributed by atoms with Gasteiger partial charge in [-0.2, -0.15) is 0 Å². The van der Waals surface area contributed by atoms with E-state index < -0.39 is 0 Å². The number of hydrogen-bond donors (Lipinski definition) is 1. The first-order valence-corrected chi connectivity index (χ1v) is 3.68. The van der Waals surface area contributed by atoms with Gasteiger partial charge in [-0.05, 0) is 5.41 Å². The van der Waals surface area contributed by atoms with Crippen molar-refractivity contribution in [3.8, 4) is 0 Å². The van der Waals surface area contributed by atoms with E-state index in [-0.39, 0.29) is 17.2 Å². The number of carbonyl (C=O) groups is 1. The molecule has 10 heavy (non-hydrogen) atoms. The van der Waals surface area contributed by atoms with Gasteiger partial charge in [0, 0.05) is 6.42 Å². The van der Waals surface area contributed by atoms with Gasteiger partial charge in [0.2, 0.25) is 0 Å². The molecule has 0 rings (SSSR count). The molecule has 2 heteroatoms. The third-order valence-electron chi connectivity index (χ3n) is 1.63. The van der Waals surface area contributed by atoms with Crippen molar-refractivity contribution in [2.24, 2.45) is 11.1 Å². The summed E-state index contributed by atoms with van der Waals surface area (Å²) in [5.74, 6) is 0.146. The van der Waals surface area contributed by atoms with Gasteiger partial charge in [0.05, 0.1) is 6.04 Å². The fourth-order valence-corrected chi connectivity index (χ4v) is 0.703. The Labute approximate surface area is 62.8 Å². The molecule has 0 spiro atoms. The van der Waals surface area contributed by atoms with Crippen LogP contribution in [0.3, 0.4) is 0 Å². The summed E-state index contributed by atoms with van der Waals surface area (Å²) in [6, 6.07) is -0.308. The smallest absolute Gasteiger partial charge is 0.149 e. The van der Waals surface area contributed by atoms with Crippen molar-refractivity contribution in [2.75, 3.05) is 0 Å². The summed E-state index contributed by atoms with van der Waals surface area (Å²) in [5, 5.41) is 0. The summed E-state index contributed by atoms with van der Waals surface area (Å²) in [6.07, 6.45) is 0.540. The van der Waals surface area contributed by atoms with Gasteiger partial charge < -0.3 is 5.73 Å². The average molecular weight is 143 g/mol. The molecule has 0 amide bonds. The maximum Gasteiger partial charge on any atom is 0.149 e. The SMILES string of the molecule is CCC(=O)C(N)C(C)(C)C. The monoisotopic (exact) mass is 143 g/mol. The number of hydrogen-bond acceptors (Lipinski definition) is 2. The number of rotatable bonds is 2. The average Bonchev–Trinajstić information content (AvgIpc) is 1.83. The highest BCUT2D eigenvalue weighted by atomic mass is 16.1. The molecule has 1 atom stereocenters. The van der Waals surface area contributed by atoms with Gasteiger partial charge >= 0.3 is 0 Å². The third kappa shape index (κ3) is 2.48. The van der Waals surface area contributed by atoms with E-state index in [4.69, 9.17) is 5.73 Å². The second-order valence-corrected chi connectivity index (χ2v) is 3.66. The van der Waals surface area contributed by atoms with Crippen molar-refractivity contribution in [1.29, 1.82) is 0 Å². The predicted molar refractivity (Wildman–Crippen MR) is 42.7 cm³/mol. The Morgan fingerprint density at radius 1 is 1.50 bits per heavy atom. The largest absolute Gasteiger partial charge is 0.321 e. The van der Waals surface area contributed by atoms with Crippen molar-refractivity contribution < 1.29 is 4.79 Å². The van der Waals surface area contributed by atoms with Crippen LogP contribution in [0.5, 0.6) is 0 Å². The van der Waals surface area contributed by atoms with Crippen LogP contribution in [-0.4, -0.2) is 11.8 Å². The van der Waals surface area contributed by atoms with E-state index in [1.807, 2.05) is 27.7 Å². The van der Waals surface area contributed by atoms with Crippen LogP contribution in [0, 0.1) is 5.41 Å². The second-order valence-electron chi connectivity index (χ2n) is 3.66. The molecule has 60 valence electrons. The normalized spacial score (nSPS) is 14.9. The van der Waals surface area contributed by atoms with Crippen molar-refractivity contribution in [2.45, 2.75) is 40.2 Å². The van der Waals surface area contributed by atoms with Crippen LogP contribution in [0.25, 0.3) is 0 Å². The minimum Gasteiger partial charge on any atom is -0.321 e. The van der Waals surface area contributed by atoms with E-state index in [1.54, 1.807) is 0 Å². The third-order valence-corrected chi connectivity index (χ3v) is 1.63. The molecule has 0 heterocycles. The number of nitrogens with two attached hydrogens (primary N) is 1. The minimum atomic E-state index is -0.308. The Morgan fingerprint density at radius 3 is 2.00 bits per heavy atom. The molecule has 0 aromatic rings. The molecule has 2 nitrogen and oxygen atoms in total. The number of carbonyl (C=O) groups excluding carboxylic acids is 1. The van der Waals surface area contributed by atoms with Crippen LogP contribution < -0.4 is 5.73 Å². The molecule has 0 aliphatic rings. The molecular formula is C8H17NO. The van der Waals surface area contributed by atoms with Crippen molar-refractivity contribution >= 4 is 5.78 Å². The van der Waals surface area contributed by atoms with Crippen LogP contribution in [0.2, 0.25) is 0 Å². The Kier molecular flexibility index (Phi) is 3.03. The molecule has 0 radical (unpaired) electrons. The van der Waals surface area contributed by atoms with Gasteiger partial charge in [-0.3, -0.25) is 4.79 Å². The zero-order valence-corrected chi connectivity index (χ0v) is 7.27. The maximum atomic E-state index is 11.0. The van der Waals surface area contributed by atoms with E-state index in [2.05, 4.69) is 0 Å². The van der Waals surface area contributed by atoms with Gasteiger partial charge in [-0.25, -0.2) is 0 Å². The zero-order chi connectivity index (χ0) is 8.36. The van der Waals surface area contributed by atoms with E-state index in [1.165, 1.54) is 0 Å². The highest BCUT2D eigenvalue weighted by Gasteiger charge is 2.25. The number of ketones is 1. The molecule has 0 fully saturated rings. The van der Waals surface area contributed by atoms with Gasteiger partial charge in [0.1, 0.15) is 5.78 Å². The molecule has 2 N–H and O–H groups in total. The lowest BCUT2D eigenvalue weighted by molar-refractivity contribution is -0.122. The van der Waals surface area contributed by atoms with E-state index in [0.717, 1.165) is 0 Å². The topological polar surface area (TPSA) is 43.1 Å². The standard InChI is InChI=1S/C8H17NO/c1-5-6(10)7(9)8(2,3)4/h7H,5,9H2,1-4H3. The Bertz CT molecular complexity index is 124. The summed E-state index contributed by atoms with van der Waals surface area (Å²) >= 11 is 0. The second kappa shape index (κ2) is 3.15. The molecule has 0 bridgehead atoms. The van der Waals surface area contributed by atoms with Crippen molar-refractivity contribution in [3.63, 3.8) is 0 Å². The molecule has 0 aliphatic heterocycles. The Morgan fingerprint density at radius 2 is 1.90 bits per heavy atom. The fourth-order valence-electron chi connectivity index (χ4n) is 0.703. The van der Waals surface area contributed by atoms with Crippen LogP contribution in [0.1, 0.15) is 34.1 Å². The lowest BCUT2D eigenvalue weighted by Crippen LogP contribution is -2.41. The minimum absolute atomic E-state index is 0.0902. The zero-order valence-electron chi connectivity index (χ0n) is 7.27. The molecule has 0 aromatic heterocycles. The molecule has 0 saturated carbocycles. The highest BCUT2D eigenvalue weighted by Crippen LogP contribution is 2.18. The van der Waals surface area contributed by atoms with Crippen molar-refractivity contribution in [1.82, 2.24) is 0 Å². The van der Waals surface area contributed by atoms with Gasteiger partial charge in [-0.1, -0.05) is 27.7 Å². The fraction of sp³-hybridized carbons (Fsp3) is 0.875. The molecule has 1 unspecified atom stereocenters. The maximum absolute atomic E-state index is 11.0. The van der Waals surface area contributed by atoms with Crippen LogP contribution in [0.4, 0.5) is 0 Å². The molecule has 0 saturated heterocycles. The lowest BCUT2D eigenvalue weighted by atomic mass is 9.84. The number of Topliss-reactive ketones (excluding diaryl/α,β-unsaturated/α-hetero) is 1. The van der Waals surface area contributed by atoms with Crippen molar-refractivity contribution in [3.05, 3.63) is 0 Å². The summed E-state index contributed by atoms with van der Waals surface area (Å²) < 4.78 is 0. The first kappa shape index (κ1) is 9.63. The quantitative estimate of drug-likeness (QED) is 0.634. The lowest BCUT2D eigenvalue weighted by Gasteiger charge is -2.25.